The molecule has 4 N–H and O–H groups in total. The van der Waals surface area contributed by atoms with Crippen LogP contribution in [0.1, 0.15) is 62.4 Å². The first kappa shape index (κ1) is 16.2. The van der Waals surface area contributed by atoms with Gasteiger partial charge in [0.15, 0.2) is 0 Å². The minimum atomic E-state index is -0.909. The van der Waals surface area contributed by atoms with E-state index in [0.717, 1.165) is 49.1 Å². The quantitative estimate of drug-likeness (QED) is 0.788. The summed E-state index contributed by atoms with van der Waals surface area (Å²) in [5.41, 5.74) is 6.90. The standard InChI is InChI=1S/C17H26N4O2/c1-12-14-15(18)19-9-10-21(14)16(20-12)13-5-2-3-7-17(23,11-22)8-4-6-13/h9-10,13,22-23H,2-8,11H2,1H3,(H2,18,19). The number of anilines is 1. The van der Waals surface area contributed by atoms with Crippen LogP contribution in [-0.2, 0) is 0 Å². The van der Waals surface area contributed by atoms with Crippen LogP contribution in [0.4, 0.5) is 5.82 Å². The van der Waals surface area contributed by atoms with Crippen molar-refractivity contribution in [3.8, 4) is 0 Å². The molecule has 0 aromatic carbocycles. The van der Waals surface area contributed by atoms with Crippen LogP contribution >= 0.6 is 0 Å². The number of aromatic nitrogens is 3. The fourth-order valence-electron chi connectivity index (χ4n) is 3.76. The summed E-state index contributed by atoms with van der Waals surface area (Å²) in [6.45, 7) is 1.82. The molecule has 0 bridgehead atoms. The highest BCUT2D eigenvalue weighted by Crippen LogP contribution is 2.34. The molecule has 1 fully saturated rings. The van der Waals surface area contributed by atoms with Crippen LogP contribution in [0.15, 0.2) is 12.4 Å². The van der Waals surface area contributed by atoms with E-state index in [1.54, 1.807) is 6.20 Å². The SMILES string of the molecule is Cc1nc(C2CCCCC(O)(CO)CCC2)n2ccnc(N)c12. The summed E-state index contributed by atoms with van der Waals surface area (Å²) in [6.07, 6.45) is 9.81. The van der Waals surface area contributed by atoms with Gasteiger partial charge in [-0.1, -0.05) is 12.8 Å². The molecule has 2 aromatic heterocycles. The van der Waals surface area contributed by atoms with Crippen LogP contribution in [0.5, 0.6) is 0 Å². The van der Waals surface area contributed by atoms with Gasteiger partial charge in [0.1, 0.15) is 17.2 Å². The Hall–Kier alpha value is -1.66. The van der Waals surface area contributed by atoms with Gasteiger partial charge in [0.05, 0.1) is 17.9 Å². The molecule has 1 saturated carbocycles. The van der Waals surface area contributed by atoms with E-state index in [1.807, 2.05) is 13.1 Å². The molecule has 2 unspecified atom stereocenters. The van der Waals surface area contributed by atoms with Crippen molar-refractivity contribution in [3.63, 3.8) is 0 Å². The molecular formula is C17H26N4O2. The van der Waals surface area contributed by atoms with Gasteiger partial charge in [0.25, 0.3) is 0 Å². The maximum atomic E-state index is 10.4. The highest BCUT2D eigenvalue weighted by atomic mass is 16.3. The van der Waals surface area contributed by atoms with E-state index < -0.39 is 5.60 Å². The van der Waals surface area contributed by atoms with Crippen molar-refractivity contribution in [3.05, 3.63) is 23.9 Å². The van der Waals surface area contributed by atoms with Gasteiger partial charge in [-0.05, 0) is 39.0 Å². The molecule has 2 heterocycles. The molecule has 23 heavy (non-hydrogen) atoms. The number of aliphatic hydroxyl groups is 2. The number of hydrogen-bond acceptors (Lipinski definition) is 5. The highest BCUT2D eigenvalue weighted by molar-refractivity contribution is 5.68. The summed E-state index contributed by atoms with van der Waals surface area (Å²) in [5.74, 6) is 1.90. The lowest BCUT2D eigenvalue weighted by molar-refractivity contribution is -0.0302. The van der Waals surface area contributed by atoms with Gasteiger partial charge in [-0.25, -0.2) is 9.97 Å². The predicted octanol–water partition coefficient (Wildman–Crippen LogP) is 2.17. The third-order valence-electron chi connectivity index (χ3n) is 5.08. The van der Waals surface area contributed by atoms with Crippen LogP contribution < -0.4 is 5.73 Å². The molecule has 0 saturated heterocycles. The Bertz CT molecular complexity index is 685. The number of fused-ring (bicyclic) bond motifs is 1. The maximum absolute atomic E-state index is 10.4. The summed E-state index contributed by atoms with van der Waals surface area (Å²) >= 11 is 0. The lowest BCUT2D eigenvalue weighted by Gasteiger charge is -2.25. The molecule has 2 aromatic rings. The largest absolute Gasteiger partial charge is 0.393 e. The van der Waals surface area contributed by atoms with E-state index in [0.29, 0.717) is 24.6 Å². The molecule has 0 radical (unpaired) electrons. The molecule has 6 heteroatoms. The molecule has 2 atom stereocenters. The third kappa shape index (κ3) is 3.19. The third-order valence-corrected chi connectivity index (χ3v) is 5.08. The number of nitrogens with zero attached hydrogens (tertiary/aromatic N) is 3. The number of hydrogen-bond donors (Lipinski definition) is 3. The summed E-state index contributed by atoms with van der Waals surface area (Å²) in [6, 6.07) is 0. The van der Waals surface area contributed by atoms with E-state index in [-0.39, 0.29) is 6.61 Å². The fourth-order valence-corrected chi connectivity index (χ4v) is 3.76. The Morgan fingerprint density at radius 3 is 2.83 bits per heavy atom. The second-order valence-electron chi connectivity index (χ2n) is 6.80. The zero-order valence-electron chi connectivity index (χ0n) is 13.7. The van der Waals surface area contributed by atoms with Crippen molar-refractivity contribution < 1.29 is 10.2 Å². The zero-order chi connectivity index (χ0) is 16.4. The van der Waals surface area contributed by atoms with Crippen molar-refractivity contribution in [2.75, 3.05) is 12.3 Å². The van der Waals surface area contributed by atoms with Gasteiger partial charge in [0, 0.05) is 18.3 Å². The summed E-state index contributed by atoms with van der Waals surface area (Å²) in [7, 11) is 0. The van der Waals surface area contributed by atoms with Crippen molar-refractivity contribution in [1.29, 1.82) is 0 Å². The Labute approximate surface area is 136 Å². The smallest absolute Gasteiger partial charge is 0.149 e. The van der Waals surface area contributed by atoms with Gasteiger partial charge >= 0.3 is 0 Å². The Morgan fingerprint density at radius 2 is 2.04 bits per heavy atom. The monoisotopic (exact) mass is 318 g/mol. The number of aryl methyl sites for hydroxylation is 1. The van der Waals surface area contributed by atoms with E-state index >= 15 is 0 Å². The number of nitrogens with two attached hydrogens (primary N) is 1. The molecule has 3 rings (SSSR count). The van der Waals surface area contributed by atoms with E-state index in [1.165, 1.54) is 0 Å². The summed E-state index contributed by atoms with van der Waals surface area (Å²) in [4.78, 5) is 8.93. The number of imidazole rings is 1. The Kier molecular flexibility index (Phi) is 4.55. The lowest BCUT2D eigenvalue weighted by atomic mass is 9.92. The van der Waals surface area contributed by atoms with E-state index in [2.05, 4.69) is 9.38 Å². The first-order valence-corrected chi connectivity index (χ1v) is 8.46. The van der Waals surface area contributed by atoms with Crippen molar-refractivity contribution in [1.82, 2.24) is 14.4 Å². The molecule has 126 valence electrons. The van der Waals surface area contributed by atoms with Crippen LogP contribution in [0.25, 0.3) is 5.52 Å². The molecule has 6 nitrogen and oxygen atoms in total. The second kappa shape index (κ2) is 6.45. The first-order chi connectivity index (χ1) is 11.0. The summed E-state index contributed by atoms with van der Waals surface area (Å²) in [5, 5.41) is 19.8. The molecular weight excluding hydrogens is 292 g/mol. The van der Waals surface area contributed by atoms with E-state index in [4.69, 9.17) is 10.7 Å². The van der Waals surface area contributed by atoms with Crippen molar-refractivity contribution >= 4 is 11.3 Å². The Morgan fingerprint density at radius 1 is 1.30 bits per heavy atom. The number of aliphatic hydroxyl groups excluding tert-OH is 1. The van der Waals surface area contributed by atoms with Crippen LogP contribution in [0.2, 0.25) is 0 Å². The molecule has 1 aliphatic rings. The molecule has 1 aliphatic carbocycles. The van der Waals surface area contributed by atoms with Crippen LogP contribution in [-0.4, -0.2) is 36.8 Å². The molecule has 0 amide bonds. The Balaban J connectivity index is 1.88. The normalized spacial score (nSPS) is 26.7. The van der Waals surface area contributed by atoms with Gasteiger partial charge < -0.3 is 15.9 Å². The molecule has 0 spiro atoms. The minimum absolute atomic E-state index is 0.148. The topological polar surface area (TPSA) is 96.7 Å². The average molecular weight is 318 g/mol. The van der Waals surface area contributed by atoms with Gasteiger partial charge in [-0.3, -0.25) is 4.40 Å². The average Bonchev–Trinajstić information content (AvgIpc) is 2.91. The summed E-state index contributed by atoms with van der Waals surface area (Å²) < 4.78 is 2.07. The van der Waals surface area contributed by atoms with Crippen LogP contribution in [0, 0.1) is 6.92 Å². The maximum Gasteiger partial charge on any atom is 0.149 e. The van der Waals surface area contributed by atoms with Gasteiger partial charge in [-0.15, -0.1) is 0 Å². The van der Waals surface area contributed by atoms with Gasteiger partial charge in [0.2, 0.25) is 0 Å². The minimum Gasteiger partial charge on any atom is -0.393 e. The number of nitrogen functional groups attached to an aromatic ring is 1. The second-order valence-corrected chi connectivity index (χ2v) is 6.80. The highest BCUT2D eigenvalue weighted by Gasteiger charge is 2.28. The first-order valence-electron chi connectivity index (χ1n) is 8.46. The van der Waals surface area contributed by atoms with Crippen molar-refractivity contribution in [2.45, 2.75) is 63.4 Å². The van der Waals surface area contributed by atoms with E-state index in [9.17, 15) is 10.2 Å². The van der Waals surface area contributed by atoms with Crippen LogP contribution in [0.3, 0.4) is 0 Å². The predicted molar refractivity (Wildman–Crippen MR) is 89.2 cm³/mol. The lowest BCUT2D eigenvalue weighted by Crippen LogP contribution is -2.32. The zero-order valence-corrected chi connectivity index (χ0v) is 13.7. The molecule has 0 aliphatic heterocycles. The number of rotatable bonds is 2. The van der Waals surface area contributed by atoms with Gasteiger partial charge in [-0.2, -0.15) is 0 Å². The fraction of sp³-hybridized carbons (Fsp3) is 0.647. The van der Waals surface area contributed by atoms with Crippen molar-refractivity contribution in [2.24, 2.45) is 0 Å².